The Labute approximate surface area is 166 Å². The summed E-state index contributed by atoms with van der Waals surface area (Å²) in [5.41, 5.74) is 2.33. The van der Waals surface area contributed by atoms with Gasteiger partial charge in [0.25, 0.3) is 5.91 Å². The maximum atomic E-state index is 12.3. The second-order valence-corrected chi connectivity index (χ2v) is 7.40. The molecule has 2 heterocycles. The van der Waals surface area contributed by atoms with E-state index < -0.39 is 11.9 Å². The van der Waals surface area contributed by atoms with Gasteiger partial charge in [0.15, 0.2) is 5.76 Å². The maximum Gasteiger partial charge on any atom is 0.287 e. The minimum Gasteiger partial charge on any atom is -0.459 e. The monoisotopic (exact) mass is 383 g/mol. The van der Waals surface area contributed by atoms with Gasteiger partial charge in [0.1, 0.15) is 6.04 Å². The minimum absolute atomic E-state index is 0.195. The Morgan fingerprint density at radius 2 is 1.82 bits per heavy atom. The molecule has 0 radical (unpaired) electrons. The predicted molar refractivity (Wildman–Crippen MR) is 108 cm³/mol. The third-order valence-electron chi connectivity index (χ3n) is 5.05. The lowest BCUT2D eigenvalue weighted by molar-refractivity contribution is -0.122. The molecule has 6 nitrogen and oxygen atoms in total. The fourth-order valence-corrected chi connectivity index (χ4v) is 3.47. The molecule has 1 aromatic heterocycles. The van der Waals surface area contributed by atoms with E-state index in [0.29, 0.717) is 6.54 Å². The van der Waals surface area contributed by atoms with Gasteiger partial charge in [-0.2, -0.15) is 0 Å². The molecule has 28 heavy (non-hydrogen) atoms. The van der Waals surface area contributed by atoms with E-state index in [9.17, 15) is 9.59 Å². The van der Waals surface area contributed by atoms with Crippen LogP contribution in [0, 0.1) is 0 Å². The number of carbonyl (C=O) groups is 2. The topological polar surface area (TPSA) is 74.6 Å². The summed E-state index contributed by atoms with van der Waals surface area (Å²) in [4.78, 5) is 26.8. The van der Waals surface area contributed by atoms with Gasteiger partial charge in [-0.3, -0.25) is 14.5 Å². The molecule has 1 aromatic carbocycles. The van der Waals surface area contributed by atoms with Gasteiger partial charge in [-0.05, 0) is 56.1 Å². The average Bonchev–Trinajstić information content (AvgIpc) is 3.12. The van der Waals surface area contributed by atoms with Gasteiger partial charge < -0.3 is 15.1 Å². The van der Waals surface area contributed by atoms with Gasteiger partial charge in [0, 0.05) is 13.1 Å². The van der Waals surface area contributed by atoms with Gasteiger partial charge in [-0.15, -0.1) is 0 Å². The molecule has 3 rings (SSSR count). The Hall–Kier alpha value is -2.60. The van der Waals surface area contributed by atoms with E-state index in [4.69, 9.17) is 4.42 Å². The molecule has 0 spiro atoms. The van der Waals surface area contributed by atoms with E-state index in [2.05, 4.69) is 27.7 Å². The average molecular weight is 383 g/mol. The second kappa shape index (κ2) is 10.1. The van der Waals surface area contributed by atoms with Crippen molar-refractivity contribution in [1.82, 2.24) is 15.5 Å². The summed E-state index contributed by atoms with van der Waals surface area (Å²) < 4.78 is 5.04. The molecule has 6 heteroatoms. The van der Waals surface area contributed by atoms with Crippen molar-refractivity contribution in [3.05, 3.63) is 59.5 Å². The molecular formula is C22H29N3O3. The van der Waals surface area contributed by atoms with Crippen LogP contribution in [0.4, 0.5) is 0 Å². The van der Waals surface area contributed by atoms with Crippen LogP contribution in [0.15, 0.2) is 47.1 Å². The number of rotatable bonds is 7. The fraction of sp³-hybridized carbons (Fsp3) is 0.455. The first kappa shape index (κ1) is 20.1. The first-order chi connectivity index (χ1) is 13.6. The minimum atomic E-state index is -0.641. The van der Waals surface area contributed by atoms with Crippen molar-refractivity contribution in [2.24, 2.45) is 0 Å². The summed E-state index contributed by atoms with van der Waals surface area (Å²) in [7, 11) is 0. The molecule has 1 saturated heterocycles. The second-order valence-electron chi connectivity index (χ2n) is 7.40. The zero-order valence-electron chi connectivity index (χ0n) is 16.4. The molecule has 1 unspecified atom stereocenters. The number of nitrogens with one attached hydrogen (secondary N) is 2. The van der Waals surface area contributed by atoms with Crippen LogP contribution in [0.5, 0.6) is 0 Å². The largest absolute Gasteiger partial charge is 0.459 e. The molecule has 0 bridgehead atoms. The number of hydrogen-bond acceptors (Lipinski definition) is 4. The van der Waals surface area contributed by atoms with Crippen molar-refractivity contribution in [3.63, 3.8) is 0 Å². The molecular weight excluding hydrogens is 354 g/mol. The molecule has 1 aliphatic heterocycles. The van der Waals surface area contributed by atoms with E-state index >= 15 is 0 Å². The molecule has 1 fully saturated rings. The number of amides is 2. The lowest BCUT2D eigenvalue weighted by atomic mass is 10.1. The van der Waals surface area contributed by atoms with Crippen LogP contribution >= 0.6 is 0 Å². The number of hydrogen-bond donors (Lipinski definition) is 2. The molecule has 0 saturated carbocycles. The van der Waals surface area contributed by atoms with Gasteiger partial charge in [-0.1, -0.05) is 37.1 Å². The lowest BCUT2D eigenvalue weighted by Gasteiger charge is -2.20. The summed E-state index contributed by atoms with van der Waals surface area (Å²) in [6, 6.07) is 10.9. The van der Waals surface area contributed by atoms with Crippen molar-refractivity contribution >= 4 is 11.8 Å². The van der Waals surface area contributed by atoms with Crippen molar-refractivity contribution in [1.29, 1.82) is 0 Å². The summed E-state index contributed by atoms with van der Waals surface area (Å²) in [5, 5.41) is 5.53. The standard InChI is InChI=1S/C22H29N3O3/c1-17(24-22(27)20-10-7-13-28-20)21(26)23-15-18-8-6-9-19(14-18)16-25-11-4-2-3-5-12-25/h6-10,13-14,17H,2-5,11-12,15-16H2,1H3,(H,23,26)(H,24,27). The van der Waals surface area contributed by atoms with E-state index in [-0.39, 0.29) is 11.7 Å². The van der Waals surface area contributed by atoms with Crippen LogP contribution in [0.3, 0.4) is 0 Å². The van der Waals surface area contributed by atoms with Gasteiger partial charge in [-0.25, -0.2) is 0 Å². The zero-order valence-corrected chi connectivity index (χ0v) is 16.4. The van der Waals surface area contributed by atoms with Crippen LogP contribution < -0.4 is 10.6 Å². The third-order valence-corrected chi connectivity index (χ3v) is 5.05. The van der Waals surface area contributed by atoms with Gasteiger partial charge >= 0.3 is 0 Å². The molecule has 2 amide bonds. The normalized spacial score (nSPS) is 16.2. The maximum absolute atomic E-state index is 12.3. The zero-order chi connectivity index (χ0) is 19.8. The van der Waals surface area contributed by atoms with Crippen molar-refractivity contribution < 1.29 is 14.0 Å². The quantitative estimate of drug-likeness (QED) is 0.770. The summed E-state index contributed by atoms with van der Waals surface area (Å²) >= 11 is 0. The van der Waals surface area contributed by atoms with Crippen molar-refractivity contribution in [2.45, 2.75) is 51.7 Å². The summed E-state index contributed by atoms with van der Waals surface area (Å²) in [5.74, 6) is -0.425. The third kappa shape index (κ3) is 5.96. The van der Waals surface area contributed by atoms with E-state index in [1.807, 2.05) is 12.1 Å². The molecule has 2 aromatic rings. The predicted octanol–water partition coefficient (Wildman–Crippen LogP) is 3.09. The van der Waals surface area contributed by atoms with Gasteiger partial charge in [0.2, 0.25) is 5.91 Å². The summed E-state index contributed by atoms with van der Waals surface area (Å²) in [6.07, 6.45) is 6.64. The molecule has 2 N–H and O–H groups in total. The fourth-order valence-electron chi connectivity index (χ4n) is 3.47. The Balaban J connectivity index is 1.48. The number of carbonyl (C=O) groups excluding carboxylic acids is 2. The Bertz CT molecular complexity index is 765. The smallest absolute Gasteiger partial charge is 0.287 e. The number of likely N-dealkylation sites (tertiary alicyclic amines) is 1. The van der Waals surface area contributed by atoms with Crippen molar-refractivity contribution in [3.8, 4) is 0 Å². The number of nitrogens with zero attached hydrogens (tertiary/aromatic N) is 1. The van der Waals surface area contributed by atoms with Crippen LogP contribution in [-0.2, 0) is 17.9 Å². The first-order valence-corrected chi connectivity index (χ1v) is 10.0. The van der Waals surface area contributed by atoms with Crippen LogP contribution in [-0.4, -0.2) is 35.8 Å². The van der Waals surface area contributed by atoms with E-state index in [1.165, 1.54) is 37.5 Å². The highest BCUT2D eigenvalue weighted by molar-refractivity contribution is 5.95. The van der Waals surface area contributed by atoms with Crippen LogP contribution in [0.1, 0.15) is 54.3 Å². The van der Waals surface area contributed by atoms with Gasteiger partial charge in [0.05, 0.1) is 6.26 Å². The number of furan rings is 1. The van der Waals surface area contributed by atoms with Crippen LogP contribution in [0.2, 0.25) is 0 Å². The molecule has 0 aliphatic carbocycles. The van der Waals surface area contributed by atoms with Crippen LogP contribution in [0.25, 0.3) is 0 Å². The molecule has 1 aliphatic rings. The van der Waals surface area contributed by atoms with E-state index in [1.54, 1.807) is 19.1 Å². The van der Waals surface area contributed by atoms with E-state index in [0.717, 1.165) is 25.2 Å². The van der Waals surface area contributed by atoms with Crippen molar-refractivity contribution in [2.75, 3.05) is 13.1 Å². The summed E-state index contributed by atoms with van der Waals surface area (Å²) in [6.45, 7) is 5.37. The molecule has 150 valence electrons. The lowest BCUT2D eigenvalue weighted by Crippen LogP contribution is -2.44. The Morgan fingerprint density at radius 3 is 2.54 bits per heavy atom. The highest BCUT2D eigenvalue weighted by Gasteiger charge is 2.18. The number of benzene rings is 1. The highest BCUT2D eigenvalue weighted by atomic mass is 16.3. The highest BCUT2D eigenvalue weighted by Crippen LogP contribution is 2.14. The Kier molecular flexibility index (Phi) is 7.25. The SMILES string of the molecule is CC(NC(=O)c1ccco1)C(=O)NCc1cccc(CN2CCCCCC2)c1. The molecule has 1 atom stereocenters. The first-order valence-electron chi connectivity index (χ1n) is 10.0. The Morgan fingerprint density at radius 1 is 1.07 bits per heavy atom.